The number of H-pyrrole nitrogens is 1. The first-order valence-electron chi connectivity index (χ1n) is 8.46. The predicted octanol–water partition coefficient (Wildman–Crippen LogP) is 1.87. The van der Waals surface area contributed by atoms with Crippen molar-refractivity contribution in [1.82, 2.24) is 9.55 Å². The maximum Gasteiger partial charge on any atom is 0.330 e. The van der Waals surface area contributed by atoms with Gasteiger partial charge in [0, 0.05) is 17.5 Å². The predicted molar refractivity (Wildman–Crippen MR) is 100 cm³/mol. The zero-order chi connectivity index (χ0) is 18.9. The highest BCUT2D eigenvalue weighted by Crippen LogP contribution is 2.48. The largest absolute Gasteiger partial charge is 0.388 e. The molecular weight excluding hydrogens is 403 g/mol. The van der Waals surface area contributed by atoms with Gasteiger partial charge in [-0.15, -0.1) is 11.6 Å². The van der Waals surface area contributed by atoms with E-state index < -0.39 is 41.8 Å². The molecule has 2 aliphatic rings. The minimum Gasteiger partial charge on any atom is -0.388 e. The molecule has 1 saturated heterocycles. The molecule has 1 aromatic heterocycles. The van der Waals surface area contributed by atoms with Gasteiger partial charge in [-0.25, -0.2) is 4.79 Å². The third-order valence-electron chi connectivity index (χ3n) is 4.75. The number of nitrogens with one attached hydrogen (secondary N) is 1. The number of hydrogen-bond acceptors (Lipinski definition) is 7. The van der Waals surface area contributed by atoms with E-state index >= 15 is 0 Å². The monoisotopic (exact) mass is 424 g/mol. The van der Waals surface area contributed by atoms with Crippen molar-refractivity contribution in [3.8, 4) is 0 Å². The van der Waals surface area contributed by atoms with Gasteiger partial charge >= 0.3 is 5.69 Å². The summed E-state index contributed by atoms with van der Waals surface area (Å²) in [6, 6.07) is 1.17. The van der Waals surface area contributed by atoms with Crippen LogP contribution in [-0.4, -0.2) is 43.6 Å². The van der Waals surface area contributed by atoms with Crippen LogP contribution in [0, 0.1) is 0 Å². The Morgan fingerprint density at radius 1 is 1.50 bits per heavy atom. The fourth-order valence-corrected chi connectivity index (χ4v) is 6.73. The van der Waals surface area contributed by atoms with Gasteiger partial charge in [-0.2, -0.15) is 0 Å². The van der Waals surface area contributed by atoms with Gasteiger partial charge in [0.05, 0.1) is 6.61 Å². The second-order valence-electron chi connectivity index (χ2n) is 6.73. The number of rotatable bonds is 6. The van der Waals surface area contributed by atoms with E-state index in [2.05, 4.69) is 4.98 Å². The van der Waals surface area contributed by atoms with Crippen molar-refractivity contribution in [3.05, 3.63) is 33.1 Å². The summed E-state index contributed by atoms with van der Waals surface area (Å²) in [7, 11) is -2.30. The lowest BCUT2D eigenvalue weighted by Gasteiger charge is -2.26. The van der Waals surface area contributed by atoms with Crippen molar-refractivity contribution in [2.24, 2.45) is 0 Å². The van der Waals surface area contributed by atoms with Crippen LogP contribution in [0.2, 0.25) is 0 Å². The molecular formula is C15H22ClN2O6PS. The van der Waals surface area contributed by atoms with Crippen molar-refractivity contribution >= 4 is 30.2 Å². The fourth-order valence-electron chi connectivity index (χ4n) is 3.29. The van der Waals surface area contributed by atoms with Gasteiger partial charge in [-0.1, -0.05) is 24.2 Å². The number of aromatic nitrogens is 2. The Morgan fingerprint density at radius 2 is 2.19 bits per heavy atom. The number of hydrogen-bond donors (Lipinski definition) is 2. The molecule has 1 saturated carbocycles. The molecule has 2 N–H and O–H groups in total. The van der Waals surface area contributed by atoms with E-state index in [9.17, 15) is 19.3 Å². The van der Waals surface area contributed by atoms with Crippen molar-refractivity contribution in [2.75, 3.05) is 6.61 Å². The Labute approximate surface area is 159 Å². The molecule has 1 aliphatic heterocycles. The van der Waals surface area contributed by atoms with Gasteiger partial charge in [0.2, 0.25) is 7.23 Å². The number of alkyl halides is 1. The maximum absolute atomic E-state index is 12.1. The van der Waals surface area contributed by atoms with Crippen LogP contribution in [0.25, 0.3) is 0 Å². The van der Waals surface area contributed by atoms with Crippen molar-refractivity contribution in [1.29, 1.82) is 0 Å². The van der Waals surface area contributed by atoms with Gasteiger partial charge in [0.1, 0.15) is 17.1 Å². The third kappa shape index (κ3) is 4.29. The lowest BCUT2D eigenvalue weighted by atomic mass is 10.0. The van der Waals surface area contributed by atoms with Crippen LogP contribution in [0.1, 0.15) is 38.8 Å². The standard InChI is InChI=1S/C15H22ClN2O6PS/c1-15(16)12(20)10(8-23-25(22)26-9-4-2-3-5-9)24-13(15)18-7-6-11(19)17-14(18)21/h6-7,9-10,12-13,20,25H,2-5,8H2,1H3,(H,17,19,21)/t10-,12-,13-,15-/m1/s1. The number of aliphatic hydroxyl groups is 1. The molecule has 0 radical (unpaired) electrons. The SMILES string of the molecule is C[C@@]1(Cl)[C@H](O)[C@@H](CO[PH](=O)SC2CCCC2)O[C@H]1n1ccc(=O)[nH]c1=O. The number of halogens is 1. The lowest BCUT2D eigenvalue weighted by molar-refractivity contribution is -0.0406. The summed E-state index contributed by atoms with van der Waals surface area (Å²) in [4.78, 5) is 24.0. The highest BCUT2D eigenvalue weighted by Gasteiger charge is 2.53. The number of ether oxygens (including phenoxy) is 1. The molecule has 5 atom stereocenters. The first kappa shape index (κ1) is 20.2. The third-order valence-corrected chi connectivity index (χ3v) is 8.49. The highest BCUT2D eigenvalue weighted by atomic mass is 35.5. The maximum atomic E-state index is 12.1. The molecule has 0 spiro atoms. The van der Waals surface area contributed by atoms with Crippen LogP contribution < -0.4 is 11.2 Å². The fraction of sp³-hybridized carbons (Fsp3) is 0.733. The number of aromatic amines is 1. The molecule has 0 amide bonds. The molecule has 1 aromatic rings. The average molecular weight is 425 g/mol. The molecule has 26 heavy (non-hydrogen) atoms. The number of nitrogens with zero attached hydrogens (tertiary/aromatic N) is 1. The molecule has 11 heteroatoms. The Bertz CT molecular complexity index is 778. The molecule has 2 heterocycles. The minimum atomic E-state index is -2.30. The van der Waals surface area contributed by atoms with Crippen LogP contribution in [0.3, 0.4) is 0 Å². The van der Waals surface area contributed by atoms with Crippen LogP contribution in [0.15, 0.2) is 21.9 Å². The highest BCUT2D eigenvalue weighted by molar-refractivity contribution is 8.50. The minimum absolute atomic E-state index is 0.0877. The average Bonchev–Trinajstić information content (AvgIpc) is 3.15. The van der Waals surface area contributed by atoms with E-state index in [1.165, 1.54) is 30.6 Å². The molecule has 3 rings (SSSR count). The Hall–Kier alpha value is -0.570. The summed E-state index contributed by atoms with van der Waals surface area (Å²) in [5.74, 6) is 0. The zero-order valence-electron chi connectivity index (χ0n) is 14.2. The van der Waals surface area contributed by atoms with Gasteiger partial charge in [0.15, 0.2) is 6.23 Å². The summed E-state index contributed by atoms with van der Waals surface area (Å²) >= 11 is 7.77. The Balaban J connectivity index is 1.65. The smallest absolute Gasteiger partial charge is 0.330 e. The van der Waals surface area contributed by atoms with Gasteiger partial charge in [-0.3, -0.25) is 18.9 Å². The second-order valence-corrected chi connectivity index (χ2v) is 10.9. The lowest BCUT2D eigenvalue weighted by Crippen LogP contribution is -2.42. The normalized spacial score (nSPS) is 33.6. The van der Waals surface area contributed by atoms with Gasteiger partial charge < -0.3 is 14.4 Å². The molecule has 1 aliphatic carbocycles. The molecule has 8 nitrogen and oxygen atoms in total. The van der Waals surface area contributed by atoms with Crippen LogP contribution in [0.5, 0.6) is 0 Å². The van der Waals surface area contributed by atoms with E-state index in [0.717, 1.165) is 30.3 Å². The first-order chi connectivity index (χ1) is 12.3. The van der Waals surface area contributed by atoms with Crippen molar-refractivity contribution < 1.29 is 18.9 Å². The Kier molecular flexibility index (Phi) is 6.37. The molecule has 2 fully saturated rings. The van der Waals surface area contributed by atoms with Crippen LogP contribution >= 0.6 is 30.2 Å². The zero-order valence-corrected chi connectivity index (χ0v) is 16.8. The summed E-state index contributed by atoms with van der Waals surface area (Å²) < 4.78 is 24.4. The van der Waals surface area contributed by atoms with E-state index in [-0.39, 0.29) is 6.61 Å². The molecule has 0 aromatic carbocycles. The van der Waals surface area contributed by atoms with E-state index in [1.807, 2.05) is 0 Å². The van der Waals surface area contributed by atoms with E-state index in [0.29, 0.717) is 5.25 Å². The molecule has 146 valence electrons. The molecule has 1 unspecified atom stereocenters. The summed E-state index contributed by atoms with van der Waals surface area (Å²) in [6.45, 7) is 1.45. The topological polar surface area (TPSA) is 111 Å². The second kappa shape index (κ2) is 8.20. The Morgan fingerprint density at radius 3 is 2.85 bits per heavy atom. The van der Waals surface area contributed by atoms with Gasteiger partial charge in [0.25, 0.3) is 5.56 Å². The van der Waals surface area contributed by atoms with E-state index in [1.54, 1.807) is 0 Å². The molecule has 0 bridgehead atoms. The van der Waals surface area contributed by atoms with Crippen LogP contribution in [0.4, 0.5) is 0 Å². The summed E-state index contributed by atoms with van der Waals surface area (Å²) in [6.07, 6.45) is 2.69. The van der Waals surface area contributed by atoms with E-state index in [4.69, 9.17) is 20.9 Å². The van der Waals surface area contributed by atoms with Crippen molar-refractivity contribution in [3.63, 3.8) is 0 Å². The van der Waals surface area contributed by atoms with Gasteiger partial charge in [-0.05, 0) is 19.8 Å². The quantitative estimate of drug-likeness (QED) is 0.529. The first-order valence-corrected chi connectivity index (χ1v) is 11.8. The summed E-state index contributed by atoms with van der Waals surface area (Å²) in [5.41, 5.74) is -1.23. The van der Waals surface area contributed by atoms with Crippen LogP contribution in [-0.2, 0) is 13.8 Å². The summed E-state index contributed by atoms with van der Waals surface area (Å²) in [5, 5.41) is 10.8. The number of aliphatic hydroxyl groups excluding tert-OH is 1. The van der Waals surface area contributed by atoms with Crippen molar-refractivity contribution in [2.45, 2.75) is 61.2 Å².